The monoisotopic (exact) mass is 454 g/mol. The summed E-state index contributed by atoms with van der Waals surface area (Å²) in [6.45, 7) is 5.75. The fourth-order valence-corrected chi connectivity index (χ4v) is 5.07. The molecule has 5 rings (SSSR count). The second kappa shape index (κ2) is 7.39. The first-order valence-corrected chi connectivity index (χ1v) is 11.1. The lowest BCUT2D eigenvalue weighted by Gasteiger charge is -2.10. The summed E-state index contributed by atoms with van der Waals surface area (Å²) in [6, 6.07) is 5.55. The van der Waals surface area contributed by atoms with Crippen molar-refractivity contribution in [3.63, 3.8) is 0 Å². The molecule has 0 fully saturated rings. The van der Waals surface area contributed by atoms with Gasteiger partial charge in [0.15, 0.2) is 0 Å². The molecule has 31 heavy (non-hydrogen) atoms. The molecule has 0 radical (unpaired) electrons. The van der Waals surface area contributed by atoms with E-state index < -0.39 is 0 Å². The molecule has 12 heteroatoms. The Kier molecular flexibility index (Phi) is 4.67. The van der Waals surface area contributed by atoms with Crippen molar-refractivity contribution in [3.05, 3.63) is 57.4 Å². The van der Waals surface area contributed by atoms with Crippen LogP contribution in [0.15, 0.2) is 44.2 Å². The Balaban J connectivity index is 1.46. The highest BCUT2D eigenvalue weighted by Crippen LogP contribution is 2.35. The number of hydrogen-bond donors (Lipinski definition) is 2. The first kappa shape index (κ1) is 19.6. The SMILES string of the molecule is Cc1cc(C)n(-c2nnc(SC(C)c3nc4scc(-c5ccco5)c4c(=O)[nH]3)n2N)n1. The number of nitrogens with one attached hydrogen (secondary N) is 1. The first-order valence-electron chi connectivity index (χ1n) is 9.38. The molecule has 0 aliphatic heterocycles. The molecule has 0 saturated heterocycles. The third kappa shape index (κ3) is 3.33. The average Bonchev–Trinajstić information content (AvgIpc) is 3.50. The Morgan fingerprint density at radius 3 is 2.87 bits per heavy atom. The average molecular weight is 455 g/mol. The maximum atomic E-state index is 12.8. The van der Waals surface area contributed by atoms with Gasteiger partial charge >= 0.3 is 0 Å². The molecule has 0 aromatic carbocycles. The van der Waals surface area contributed by atoms with Gasteiger partial charge in [-0.25, -0.2) is 14.3 Å². The fourth-order valence-electron chi connectivity index (χ4n) is 3.31. The maximum Gasteiger partial charge on any atom is 0.271 e. The number of aryl methyl sites for hydroxylation is 2. The minimum absolute atomic E-state index is 0.211. The Bertz CT molecular complexity index is 1440. The zero-order valence-electron chi connectivity index (χ0n) is 16.9. The third-order valence-corrected chi connectivity index (χ3v) is 6.70. The second-order valence-corrected chi connectivity index (χ2v) is 9.18. The highest BCUT2D eigenvalue weighted by Gasteiger charge is 2.21. The summed E-state index contributed by atoms with van der Waals surface area (Å²) < 4.78 is 8.47. The van der Waals surface area contributed by atoms with Crippen molar-refractivity contribution in [3.8, 4) is 17.3 Å². The van der Waals surface area contributed by atoms with E-state index >= 15 is 0 Å². The summed E-state index contributed by atoms with van der Waals surface area (Å²) in [5.41, 5.74) is 2.30. The number of aromatic amines is 1. The van der Waals surface area contributed by atoms with Crippen LogP contribution in [0.2, 0.25) is 0 Å². The van der Waals surface area contributed by atoms with E-state index in [1.54, 1.807) is 17.0 Å². The van der Waals surface area contributed by atoms with E-state index in [-0.39, 0.29) is 10.8 Å². The van der Waals surface area contributed by atoms with E-state index in [9.17, 15) is 4.79 Å². The quantitative estimate of drug-likeness (QED) is 0.305. The molecule has 0 aliphatic rings. The Morgan fingerprint density at radius 1 is 1.32 bits per heavy atom. The molecule has 1 atom stereocenters. The van der Waals surface area contributed by atoms with Gasteiger partial charge in [-0.3, -0.25) is 4.79 Å². The van der Waals surface area contributed by atoms with Gasteiger partial charge in [-0.1, -0.05) is 11.8 Å². The van der Waals surface area contributed by atoms with E-state index in [0.717, 1.165) is 17.0 Å². The van der Waals surface area contributed by atoms with Gasteiger partial charge in [0.25, 0.3) is 11.5 Å². The van der Waals surface area contributed by atoms with Crippen molar-refractivity contribution in [1.29, 1.82) is 0 Å². The van der Waals surface area contributed by atoms with Crippen molar-refractivity contribution in [2.24, 2.45) is 0 Å². The summed E-state index contributed by atoms with van der Waals surface area (Å²) in [5.74, 6) is 7.82. The zero-order chi connectivity index (χ0) is 21.7. The van der Waals surface area contributed by atoms with Crippen LogP contribution >= 0.6 is 23.1 Å². The molecule has 0 spiro atoms. The minimum atomic E-state index is -0.217. The van der Waals surface area contributed by atoms with Crippen LogP contribution in [0.25, 0.3) is 27.5 Å². The molecule has 5 heterocycles. The highest BCUT2D eigenvalue weighted by atomic mass is 32.2. The van der Waals surface area contributed by atoms with Gasteiger partial charge in [0, 0.05) is 16.6 Å². The number of fused-ring (bicyclic) bond motifs is 1. The standard InChI is InChI=1S/C19H18N8O2S2/c1-9-7-10(2)27(25-9)18-23-24-19(26(18)20)31-11(3)15-21-16(28)14-12(8-30-17(14)22-15)13-5-4-6-29-13/h4-8,11H,20H2,1-3H3,(H,21,22,28). The number of nitrogens with two attached hydrogens (primary N) is 1. The van der Waals surface area contributed by atoms with Gasteiger partial charge in [0.2, 0.25) is 5.16 Å². The van der Waals surface area contributed by atoms with Crippen molar-refractivity contribution < 1.29 is 4.42 Å². The summed E-state index contributed by atoms with van der Waals surface area (Å²) in [5, 5.41) is 15.4. The largest absolute Gasteiger partial charge is 0.464 e. The van der Waals surface area contributed by atoms with Crippen LogP contribution in [0.1, 0.15) is 29.4 Å². The number of thiophene rings is 1. The van der Waals surface area contributed by atoms with Gasteiger partial charge in [-0.15, -0.1) is 21.5 Å². The van der Waals surface area contributed by atoms with Crippen LogP contribution in [0.5, 0.6) is 0 Å². The van der Waals surface area contributed by atoms with Crippen LogP contribution in [-0.2, 0) is 0 Å². The minimum Gasteiger partial charge on any atom is -0.464 e. The third-order valence-electron chi connectivity index (χ3n) is 4.76. The maximum absolute atomic E-state index is 12.8. The second-order valence-electron chi connectivity index (χ2n) is 7.01. The van der Waals surface area contributed by atoms with Crippen LogP contribution in [0.3, 0.4) is 0 Å². The normalized spacial score (nSPS) is 12.6. The number of nitrogen functional groups attached to an aromatic ring is 1. The number of nitrogens with zero attached hydrogens (tertiary/aromatic N) is 6. The summed E-state index contributed by atoms with van der Waals surface area (Å²) >= 11 is 2.75. The molecule has 1 unspecified atom stereocenters. The number of H-pyrrole nitrogens is 1. The van der Waals surface area contributed by atoms with Crippen molar-refractivity contribution in [2.45, 2.75) is 31.2 Å². The van der Waals surface area contributed by atoms with Gasteiger partial charge in [-0.2, -0.15) is 5.10 Å². The van der Waals surface area contributed by atoms with Crippen LogP contribution < -0.4 is 11.4 Å². The van der Waals surface area contributed by atoms with Crippen LogP contribution in [0.4, 0.5) is 0 Å². The van der Waals surface area contributed by atoms with E-state index in [1.165, 1.54) is 27.8 Å². The Labute approximate surface area is 184 Å². The molecule has 0 aliphatic carbocycles. The van der Waals surface area contributed by atoms with E-state index in [4.69, 9.17) is 10.3 Å². The van der Waals surface area contributed by atoms with Gasteiger partial charge < -0.3 is 15.2 Å². The predicted molar refractivity (Wildman–Crippen MR) is 119 cm³/mol. The first-order chi connectivity index (χ1) is 14.9. The summed E-state index contributed by atoms with van der Waals surface area (Å²) in [4.78, 5) is 21.0. The van der Waals surface area contributed by atoms with Crippen LogP contribution in [-0.4, -0.2) is 34.6 Å². The summed E-state index contributed by atoms with van der Waals surface area (Å²) in [7, 11) is 0. The summed E-state index contributed by atoms with van der Waals surface area (Å²) in [6.07, 6.45) is 1.58. The number of furan rings is 1. The highest BCUT2D eigenvalue weighted by molar-refractivity contribution is 7.99. The van der Waals surface area contributed by atoms with E-state index in [0.29, 0.717) is 32.9 Å². The number of hydrogen-bond acceptors (Lipinski definition) is 9. The smallest absolute Gasteiger partial charge is 0.271 e. The molecule has 0 amide bonds. The fraction of sp³-hybridized carbons (Fsp3) is 0.211. The molecule has 10 nitrogen and oxygen atoms in total. The Hall–Kier alpha value is -3.38. The lowest BCUT2D eigenvalue weighted by molar-refractivity contribution is 0.583. The molecule has 5 aromatic heterocycles. The molecule has 5 aromatic rings. The number of thioether (sulfide) groups is 1. The Morgan fingerprint density at radius 2 is 2.16 bits per heavy atom. The van der Waals surface area contributed by atoms with E-state index in [2.05, 4.69) is 25.3 Å². The number of rotatable bonds is 5. The van der Waals surface area contributed by atoms with Gasteiger partial charge in [-0.05, 0) is 39.0 Å². The van der Waals surface area contributed by atoms with Gasteiger partial charge in [0.1, 0.15) is 16.4 Å². The molecule has 3 N–H and O–H groups in total. The van der Waals surface area contributed by atoms with Crippen molar-refractivity contribution >= 4 is 33.3 Å². The number of aromatic nitrogens is 7. The molecule has 0 saturated carbocycles. The topological polar surface area (TPSA) is 133 Å². The molecule has 158 valence electrons. The predicted octanol–water partition coefficient (Wildman–Crippen LogP) is 3.21. The molecular formula is C19H18N8O2S2. The van der Waals surface area contributed by atoms with Crippen LogP contribution in [0, 0.1) is 13.8 Å². The molecular weight excluding hydrogens is 436 g/mol. The zero-order valence-corrected chi connectivity index (χ0v) is 18.5. The van der Waals surface area contributed by atoms with Crippen molar-refractivity contribution in [1.82, 2.24) is 34.6 Å². The lowest BCUT2D eigenvalue weighted by Crippen LogP contribution is -2.17. The lowest BCUT2D eigenvalue weighted by atomic mass is 10.2. The van der Waals surface area contributed by atoms with Crippen molar-refractivity contribution in [2.75, 3.05) is 5.84 Å². The van der Waals surface area contributed by atoms with E-state index in [1.807, 2.05) is 38.3 Å². The van der Waals surface area contributed by atoms with Gasteiger partial charge in [0.05, 0.1) is 22.6 Å². The molecule has 0 bridgehead atoms.